The number of hydrogen-bond acceptors (Lipinski definition) is 4. The average molecular weight is 233 g/mol. The number of carbonyl (C=O) groups is 1. The predicted molar refractivity (Wildman–Crippen MR) is 63.7 cm³/mol. The van der Waals surface area contributed by atoms with Gasteiger partial charge in [-0.05, 0) is 43.4 Å². The molecule has 0 aromatic heterocycles. The van der Waals surface area contributed by atoms with Crippen LogP contribution in [0.2, 0.25) is 0 Å². The third kappa shape index (κ3) is 2.30. The molecule has 0 bridgehead atoms. The van der Waals surface area contributed by atoms with E-state index in [2.05, 4.69) is 9.89 Å². The molecule has 1 aromatic rings. The zero-order valence-corrected chi connectivity index (χ0v) is 9.77. The maximum atomic E-state index is 11.5. The van der Waals surface area contributed by atoms with Crippen LogP contribution in [-0.2, 0) is 11.2 Å². The summed E-state index contributed by atoms with van der Waals surface area (Å²) in [4.78, 5) is 11.5. The first-order valence-electron chi connectivity index (χ1n) is 5.69. The zero-order chi connectivity index (χ0) is 12.3. The molecule has 1 aliphatic rings. The van der Waals surface area contributed by atoms with E-state index >= 15 is 0 Å². The zero-order valence-electron chi connectivity index (χ0n) is 9.77. The normalized spacial score (nSPS) is 17.4. The number of oxime groups is 1. The van der Waals surface area contributed by atoms with E-state index in [0.29, 0.717) is 11.3 Å². The third-order valence-corrected chi connectivity index (χ3v) is 3.07. The van der Waals surface area contributed by atoms with Crippen LogP contribution in [-0.4, -0.2) is 24.0 Å². The highest BCUT2D eigenvalue weighted by atomic mass is 16.5. The van der Waals surface area contributed by atoms with Crippen LogP contribution in [0.3, 0.4) is 0 Å². The molecule has 4 heteroatoms. The molecule has 0 radical (unpaired) electrons. The van der Waals surface area contributed by atoms with Crippen LogP contribution in [0.4, 0.5) is 0 Å². The molecule has 0 amide bonds. The molecule has 17 heavy (non-hydrogen) atoms. The Morgan fingerprint density at radius 2 is 2.12 bits per heavy atom. The molecule has 0 saturated carbocycles. The Bertz CT molecular complexity index is 466. The first-order valence-corrected chi connectivity index (χ1v) is 5.69. The Morgan fingerprint density at radius 3 is 2.82 bits per heavy atom. The Labute approximate surface area is 99.9 Å². The van der Waals surface area contributed by atoms with Gasteiger partial charge in [0, 0.05) is 5.56 Å². The van der Waals surface area contributed by atoms with Crippen LogP contribution >= 0.6 is 0 Å². The highest BCUT2D eigenvalue weighted by Gasteiger charge is 2.17. The summed E-state index contributed by atoms with van der Waals surface area (Å²) in [5.41, 5.74) is 3.15. The number of esters is 1. The number of methoxy groups -OCH3 is 1. The molecule has 90 valence electrons. The molecule has 1 aromatic carbocycles. The summed E-state index contributed by atoms with van der Waals surface area (Å²) in [6.07, 6.45) is 3.77. The van der Waals surface area contributed by atoms with Crippen molar-refractivity contribution in [2.45, 2.75) is 25.7 Å². The topological polar surface area (TPSA) is 58.9 Å². The summed E-state index contributed by atoms with van der Waals surface area (Å²) >= 11 is 0. The average Bonchev–Trinajstić information content (AvgIpc) is 2.58. The summed E-state index contributed by atoms with van der Waals surface area (Å²) in [6, 6.07) is 5.42. The molecule has 0 saturated heterocycles. The SMILES string of the molecule is COC(=O)c1ccc2c(c1)/C(=N/O)CCCC2. The lowest BCUT2D eigenvalue weighted by molar-refractivity contribution is 0.0600. The fourth-order valence-electron chi connectivity index (χ4n) is 2.15. The molecule has 0 spiro atoms. The predicted octanol–water partition coefficient (Wildman–Crippen LogP) is 2.38. The lowest BCUT2D eigenvalue weighted by Gasteiger charge is -2.08. The van der Waals surface area contributed by atoms with Crippen LogP contribution < -0.4 is 0 Å². The minimum absolute atomic E-state index is 0.366. The fourth-order valence-corrected chi connectivity index (χ4v) is 2.15. The third-order valence-electron chi connectivity index (χ3n) is 3.07. The first-order chi connectivity index (χ1) is 8.26. The van der Waals surface area contributed by atoms with E-state index in [9.17, 15) is 4.79 Å². The summed E-state index contributed by atoms with van der Waals surface area (Å²) in [7, 11) is 1.36. The second-order valence-electron chi connectivity index (χ2n) is 4.12. The van der Waals surface area contributed by atoms with Gasteiger partial charge >= 0.3 is 5.97 Å². The molecule has 1 N–H and O–H groups in total. The molecule has 4 nitrogen and oxygen atoms in total. The van der Waals surface area contributed by atoms with E-state index in [1.807, 2.05) is 6.07 Å². The van der Waals surface area contributed by atoms with Crippen LogP contribution in [0.1, 0.15) is 40.7 Å². The highest BCUT2D eigenvalue weighted by molar-refractivity contribution is 6.03. The van der Waals surface area contributed by atoms with E-state index < -0.39 is 0 Å². The Hall–Kier alpha value is -1.84. The van der Waals surface area contributed by atoms with Crippen molar-refractivity contribution in [2.24, 2.45) is 5.16 Å². The molecular formula is C13H15NO3. The number of carbonyl (C=O) groups excluding carboxylic acids is 1. The summed E-state index contributed by atoms with van der Waals surface area (Å²) in [5.74, 6) is -0.366. The molecular weight excluding hydrogens is 218 g/mol. The van der Waals surface area contributed by atoms with Crippen molar-refractivity contribution in [3.8, 4) is 0 Å². The van der Waals surface area contributed by atoms with Crippen molar-refractivity contribution in [1.82, 2.24) is 0 Å². The van der Waals surface area contributed by atoms with E-state index in [-0.39, 0.29) is 5.97 Å². The van der Waals surface area contributed by atoms with Gasteiger partial charge < -0.3 is 9.94 Å². The minimum atomic E-state index is -0.366. The maximum Gasteiger partial charge on any atom is 0.337 e. The number of ether oxygens (including phenoxy) is 1. The molecule has 0 fully saturated rings. The molecule has 1 aliphatic carbocycles. The largest absolute Gasteiger partial charge is 0.465 e. The Kier molecular flexibility index (Phi) is 3.42. The number of nitrogens with zero attached hydrogens (tertiary/aromatic N) is 1. The Morgan fingerprint density at radius 1 is 1.35 bits per heavy atom. The summed E-state index contributed by atoms with van der Waals surface area (Å²) in [5, 5.41) is 12.4. The van der Waals surface area contributed by atoms with Crippen molar-refractivity contribution in [3.63, 3.8) is 0 Å². The lowest BCUT2D eigenvalue weighted by atomic mass is 9.99. The van der Waals surface area contributed by atoms with E-state index in [1.54, 1.807) is 12.1 Å². The smallest absolute Gasteiger partial charge is 0.337 e. The quantitative estimate of drug-likeness (QED) is 0.350. The van der Waals surface area contributed by atoms with Crippen molar-refractivity contribution >= 4 is 11.7 Å². The van der Waals surface area contributed by atoms with E-state index in [0.717, 1.165) is 36.8 Å². The van der Waals surface area contributed by atoms with E-state index in [1.165, 1.54) is 7.11 Å². The van der Waals surface area contributed by atoms with Gasteiger partial charge in [0.05, 0.1) is 18.4 Å². The first kappa shape index (κ1) is 11.6. The van der Waals surface area contributed by atoms with Gasteiger partial charge in [0.25, 0.3) is 0 Å². The number of rotatable bonds is 1. The number of hydrogen-bond donors (Lipinski definition) is 1. The van der Waals surface area contributed by atoms with Gasteiger partial charge in [0.2, 0.25) is 0 Å². The standard InChI is InChI=1S/C13H15NO3/c1-17-13(15)10-7-6-9-4-2-3-5-12(14-16)11(9)8-10/h6-8,16H,2-5H2,1H3/b14-12+. The van der Waals surface area contributed by atoms with Gasteiger partial charge in [-0.15, -0.1) is 0 Å². The fraction of sp³-hybridized carbons (Fsp3) is 0.385. The van der Waals surface area contributed by atoms with Crippen LogP contribution in [0.15, 0.2) is 23.4 Å². The van der Waals surface area contributed by atoms with Crippen LogP contribution in [0.5, 0.6) is 0 Å². The van der Waals surface area contributed by atoms with E-state index in [4.69, 9.17) is 5.21 Å². The van der Waals surface area contributed by atoms with Crippen LogP contribution in [0.25, 0.3) is 0 Å². The highest BCUT2D eigenvalue weighted by Crippen LogP contribution is 2.22. The van der Waals surface area contributed by atoms with Gasteiger partial charge in [-0.2, -0.15) is 0 Å². The minimum Gasteiger partial charge on any atom is -0.465 e. The maximum absolute atomic E-state index is 11.5. The van der Waals surface area contributed by atoms with Gasteiger partial charge in [0.15, 0.2) is 0 Å². The molecule has 2 rings (SSSR count). The van der Waals surface area contributed by atoms with Gasteiger partial charge in [0.1, 0.15) is 0 Å². The number of benzene rings is 1. The lowest BCUT2D eigenvalue weighted by Crippen LogP contribution is -2.07. The second-order valence-corrected chi connectivity index (χ2v) is 4.12. The van der Waals surface area contributed by atoms with Gasteiger partial charge in [-0.3, -0.25) is 0 Å². The van der Waals surface area contributed by atoms with Crippen molar-refractivity contribution in [2.75, 3.05) is 7.11 Å². The van der Waals surface area contributed by atoms with Crippen molar-refractivity contribution in [3.05, 3.63) is 34.9 Å². The van der Waals surface area contributed by atoms with Gasteiger partial charge in [-0.1, -0.05) is 11.2 Å². The summed E-state index contributed by atoms with van der Waals surface area (Å²) in [6.45, 7) is 0. The van der Waals surface area contributed by atoms with Gasteiger partial charge in [-0.25, -0.2) is 4.79 Å². The second kappa shape index (κ2) is 4.99. The molecule has 0 heterocycles. The molecule has 0 atom stereocenters. The summed E-state index contributed by atoms with van der Waals surface area (Å²) < 4.78 is 4.69. The molecule has 0 unspecified atom stereocenters. The monoisotopic (exact) mass is 233 g/mol. The number of fused-ring (bicyclic) bond motifs is 1. The number of aryl methyl sites for hydroxylation is 1. The van der Waals surface area contributed by atoms with Crippen molar-refractivity contribution in [1.29, 1.82) is 0 Å². The van der Waals surface area contributed by atoms with Crippen LogP contribution in [0, 0.1) is 0 Å². The Balaban J connectivity index is 2.47. The van der Waals surface area contributed by atoms with Crippen molar-refractivity contribution < 1.29 is 14.7 Å². The molecule has 0 aliphatic heterocycles.